The number of hydrogen-bond donors (Lipinski definition) is 1. The van der Waals surface area contributed by atoms with Gasteiger partial charge in [-0.3, -0.25) is 4.79 Å². The number of rotatable bonds is 7. The normalized spacial score (nSPS) is 17.0. The Bertz CT molecular complexity index is 1270. The number of halogens is 1. The summed E-state index contributed by atoms with van der Waals surface area (Å²) < 4.78 is 18.7. The Balaban J connectivity index is 0.00000304. The molecule has 1 aromatic heterocycles. The third kappa shape index (κ3) is 5.64. The first kappa shape index (κ1) is 26.3. The summed E-state index contributed by atoms with van der Waals surface area (Å²) in [7, 11) is 1.66. The van der Waals surface area contributed by atoms with E-state index < -0.39 is 0 Å². The number of nitrogens with zero attached hydrogens (tertiary/aromatic N) is 2. The topological polar surface area (TPSA) is 65.0 Å². The van der Waals surface area contributed by atoms with Crippen molar-refractivity contribution in [2.75, 3.05) is 40.0 Å². The Morgan fingerprint density at radius 3 is 2.50 bits per heavy atom. The molecule has 1 fully saturated rings. The second kappa shape index (κ2) is 11.1. The van der Waals surface area contributed by atoms with E-state index in [0.717, 1.165) is 72.7 Å². The van der Waals surface area contributed by atoms with Crippen molar-refractivity contribution in [3.05, 3.63) is 63.9 Å². The Hall–Kier alpha value is -2.74. The third-order valence-electron chi connectivity index (χ3n) is 7.45. The van der Waals surface area contributed by atoms with Gasteiger partial charge < -0.3 is 29.0 Å². The lowest BCUT2D eigenvalue weighted by Gasteiger charge is -2.40. The van der Waals surface area contributed by atoms with Gasteiger partial charge in [0.1, 0.15) is 19.0 Å². The highest BCUT2D eigenvalue weighted by molar-refractivity contribution is 5.85. The maximum Gasteiger partial charge on any atom is 0.251 e. The van der Waals surface area contributed by atoms with Crippen LogP contribution in [0.5, 0.6) is 17.2 Å². The van der Waals surface area contributed by atoms with Crippen LogP contribution in [-0.4, -0.2) is 55.0 Å². The van der Waals surface area contributed by atoms with Crippen molar-refractivity contribution in [3.63, 3.8) is 0 Å². The van der Waals surface area contributed by atoms with E-state index in [0.29, 0.717) is 19.8 Å². The number of likely N-dealkylation sites (tertiary alicyclic amines) is 1. The number of aromatic nitrogens is 1. The molecule has 0 radical (unpaired) electrons. The summed E-state index contributed by atoms with van der Waals surface area (Å²) in [4.78, 5) is 15.3. The molecule has 0 bridgehead atoms. The average molecular weight is 514 g/mol. The van der Waals surface area contributed by atoms with Crippen LogP contribution in [0.15, 0.2) is 47.3 Å². The zero-order valence-electron chi connectivity index (χ0n) is 21.3. The molecule has 0 spiro atoms. The van der Waals surface area contributed by atoms with Gasteiger partial charge in [-0.2, -0.15) is 0 Å². The molecule has 5 rings (SSSR count). The number of nitrogens with one attached hydrogen (secondary N) is 1. The number of benzene rings is 2. The number of aryl methyl sites for hydroxylation is 1. The molecule has 2 aliphatic heterocycles. The third-order valence-corrected chi connectivity index (χ3v) is 7.45. The van der Waals surface area contributed by atoms with Gasteiger partial charge in [0.15, 0.2) is 11.5 Å². The molecule has 194 valence electrons. The van der Waals surface area contributed by atoms with E-state index >= 15 is 0 Å². The molecule has 1 N–H and O–H groups in total. The van der Waals surface area contributed by atoms with Gasteiger partial charge in [-0.1, -0.05) is 6.07 Å². The fourth-order valence-electron chi connectivity index (χ4n) is 5.09. The minimum absolute atomic E-state index is 0. The number of fused-ring (bicyclic) bond motifs is 2. The maximum atomic E-state index is 12.8. The quantitative estimate of drug-likeness (QED) is 0.512. The van der Waals surface area contributed by atoms with E-state index in [9.17, 15) is 4.79 Å². The summed E-state index contributed by atoms with van der Waals surface area (Å²) in [5.41, 5.74) is 3.29. The Morgan fingerprint density at radius 2 is 1.75 bits per heavy atom. The summed E-state index contributed by atoms with van der Waals surface area (Å²) in [5, 5.41) is 4.87. The standard InChI is InChI=1S/C28H35N3O4.ClH/c1-20-16-27(32)31(24-18-22(33-3)5-6-23(20)24)13-12-30-10-8-28(2,9-11-30)29-19-21-4-7-25-26(17-21)35-15-14-34-25;/h4-7,16-18,29H,8-15,19H2,1-3H3;1H. The Kier molecular flexibility index (Phi) is 8.13. The van der Waals surface area contributed by atoms with Gasteiger partial charge in [0.05, 0.1) is 12.6 Å². The number of ether oxygens (including phenoxy) is 3. The molecule has 2 aromatic carbocycles. The minimum atomic E-state index is 0. The summed E-state index contributed by atoms with van der Waals surface area (Å²) >= 11 is 0. The predicted octanol–water partition coefficient (Wildman–Crippen LogP) is 4.16. The summed E-state index contributed by atoms with van der Waals surface area (Å²) in [6.07, 6.45) is 2.13. The van der Waals surface area contributed by atoms with Gasteiger partial charge in [0, 0.05) is 42.7 Å². The van der Waals surface area contributed by atoms with E-state index in [2.05, 4.69) is 29.3 Å². The fraction of sp³-hybridized carbons (Fsp3) is 0.464. The number of piperidine rings is 1. The lowest BCUT2D eigenvalue weighted by Crippen LogP contribution is -2.51. The maximum absolute atomic E-state index is 12.8. The van der Waals surface area contributed by atoms with Crippen LogP contribution in [0.3, 0.4) is 0 Å². The molecule has 0 amide bonds. The fourth-order valence-corrected chi connectivity index (χ4v) is 5.09. The molecule has 0 unspecified atom stereocenters. The van der Waals surface area contributed by atoms with Crippen molar-refractivity contribution in [3.8, 4) is 17.2 Å². The van der Waals surface area contributed by atoms with Crippen LogP contribution in [0.1, 0.15) is 30.9 Å². The minimum Gasteiger partial charge on any atom is -0.497 e. The molecule has 0 aliphatic carbocycles. The highest BCUT2D eigenvalue weighted by Gasteiger charge is 2.29. The van der Waals surface area contributed by atoms with Crippen molar-refractivity contribution in [1.82, 2.24) is 14.8 Å². The number of methoxy groups -OCH3 is 1. The molecule has 8 heteroatoms. The van der Waals surface area contributed by atoms with Crippen LogP contribution in [0.25, 0.3) is 10.9 Å². The number of hydrogen-bond acceptors (Lipinski definition) is 6. The molecular formula is C28H36ClN3O4. The first-order valence-electron chi connectivity index (χ1n) is 12.5. The lowest BCUT2D eigenvalue weighted by atomic mass is 9.89. The van der Waals surface area contributed by atoms with Gasteiger partial charge in [-0.05, 0) is 75.2 Å². The molecule has 3 aromatic rings. The van der Waals surface area contributed by atoms with Gasteiger partial charge in [-0.15, -0.1) is 12.4 Å². The van der Waals surface area contributed by atoms with Gasteiger partial charge in [0.25, 0.3) is 5.56 Å². The molecule has 0 saturated carbocycles. The van der Waals surface area contributed by atoms with Crippen LogP contribution < -0.4 is 25.1 Å². The number of pyridine rings is 1. The summed E-state index contributed by atoms with van der Waals surface area (Å²) in [6.45, 7) is 9.87. The molecule has 0 atom stereocenters. The second-order valence-corrected chi connectivity index (χ2v) is 9.93. The molecule has 3 heterocycles. The monoisotopic (exact) mass is 513 g/mol. The molecular weight excluding hydrogens is 478 g/mol. The SMILES string of the molecule is COc1ccc2c(C)cc(=O)n(CCN3CCC(C)(NCc4ccc5c(c4)OCCO5)CC3)c2c1.Cl. The van der Waals surface area contributed by atoms with E-state index in [1.165, 1.54) is 5.56 Å². The predicted molar refractivity (Wildman–Crippen MR) is 145 cm³/mol. The highest BCUT2D eigenvalue weighted by Crippen LogP contribution is 2.31. The first-order chi connectivity index (χ1) is 16.9. The second-order valence-electron chi connectivity index (χ2n) is 9.93. The molecule has 1 saturated heterocycles. The molecule has 2 aliphatic rings. The van der Waals surface area contributed by atoms with E-state index in [-0.39, 0.29) is 23.5 Å². The summed E-state index contributed by atoms with van der Waals surface area (Å²) in [6, 6.07) is 13.9. The van der Waals surface area contributed by atoms with Gasteiger partial charge >= 0.3 is 0 Å². The van der Waals surface area contributed by atoms with Gasteiger partial charge in [-0.25, -0.2) is 0 Å². The van der Waals surface area contributed by atoms with Crippen LogP contribution in [-0.2, 0) is 13.1 Å². The van der Waals surface area contributed by atoms with E-state index in [1.807, 2.05) is 35.8 Å². The van der Waals surface area contributed by atoms with Crippen molar-refractivity contribution >= 4 is 23.3 Å². The highest BCUT2D eigenvalue weighted by atomic mass is 35.5. The van der Waals surface area contributed by atoms with Crippen molar-refractivity contribution in [2.24, 2.45) is 0 Å². The lowest BCUT2D eigenvalue weighted by molar-refractivity contribution is 0.141. The van der Waals surface area contributed by atoms with E-state index in [1.54, 1.807) is 13.2 Å². The first-order valence-corrected chi connectivity index (χ1v) is 12.5. The zero-order chi connectivity index (χ0) is 24.4. The molecule has 7 nitrogen and oxygen atoms in total. The van der Waals surface area contributed by atoms with E-state index in [4.69, 9.17) is 14.2 Å². The van der Waals surface area contributed by atoms with Crippen molar-refractivity contribution < 1.29 is 14.2 Å². The van der Waals surface area contributed by atoms with Crippen LogP contribution >= 0.6 is 12.4 Å². The van der Waals surface area contributed by atoms with Crippen LogP contribution in [0.2, 0.25) is 0 Å². The zero-order valence-corrected chi connectivity index (χ0v) is 22.2. The van der Waals surface area contributed by atoms with Crippen LogP contribution in [0.4, 0.5) is 0 Å². The van der Waals surface area contributed by atoms with Crippen molar-refractivity contribution in [2.45, 2.75) is 45.3 Å². The smallest absolute Gasteiger partial charge is 0.251 e. The largest absolute Gasteiger partial charge is 0.497 e. The Morgan fingerprint density at radius 1 is 1.00 bits per heavy atom. The molecule has 36 heavy (non-hydrogen) atoms. The Labute approximate surface area is 218 Å². The van der Waals surface area contributed by atoms with Crippen molar-refractivity contribution in [1.29, 1.82) is 0 Å². The average Bonchev–Trinajstić information content (AvgIpc) is 2.88. The van der Waals surface area contributed by atoms with Crippen LogP contribution in [0, 0.1) is 6.92 Å². The van der Waals surface area contributed by atoms with Gasteiger partial charge in [0.2, 0.25) is 0 Å². The summed E-state index contributed by atoms with van der Waals surface area (Å²) in [5.74, 6) is 2.44.